The number of nitrogen functional groups attached to an aromatic ring is 1. The van der Waals surface area contributed by atoms with Crippen molar-refractivity contribution in [1.82, 2.24) is 4.90 Å². The molecule has 1 aromatic carbocycles. The highest BCUT2D eigenvalue weighted by molar-refractivity contribution is 5.51. The smallest absolute Gasteiger partial charge is 0.142 e. The number of aliphatic hydroxyl groups excluding tert-OH is 1. The summed E-state index contributed by atoms with van der Waals surface area (Å²) < 4.78 is 5.67. The van der Waals surface area contributed by atoms with Crippen LogP contribution in [0.5, 0.6) is 5.75 Å². The molecule has 3 N–H and O–H groups in total. The third-order valence-corrected chi connectivity index (χ3v) is 3.74. The van der Waals surface area contributed by atoms with E-state index in [9.17, 15) is 5.11 Å². The molecule has 0 saturated carbocycles. The van der Waals surface area contributed by atoms with Crippen LogP contribution < -0.4 is 10.5 Å². The van der Waals surface area contributed by atoms with Crippen LogP contribution in [0.1, 0.15) is 19.8 Å². The lowest BCUT2D eigenvalue weighted by molar-refractivity contribution is 0.0334. The van der Waals surface area contributed by atoms with Gasteiger partial charge in [-0.25, -0.2) is 0 Å². The normalized spacial score (nSPS) is 24.3. The van der Waals surface area contributed by atoms with Crippen LogP contribution in [0, 0.1) is 5.92 Å². The molecule has 2 unspecified atom stereocenters. The van der Waals surface area contributed by atoms with Crippen molar-refractivity contribution in [3.05, 3.63) is 24.3 Å². The molecule has 4 heteroatoms. The molecule has 2 atom stereocenters. The first-order valence-corrected chi connectivity index (χ1v) is 7.04. The molecule has 0 spiro atoms. The molecule has 1 aliphatic heterocycles. The lowest BCUT2D eigenvalue weighted by atomic mass is 9.97. The lowest BCUT2D eigenvalue weighted by Crippen LogP contribution is -2.42. The molecule has 19 heavy (non-hydrogen) atoms. The molecule has 0 aliphatic carbocycles. The van der Waals surface area contributed by atoms with Gasteiger partial charge < -0.3 is 20.5 Å². The molecule has 0 bridgehead atoms. The minimum Gasteiger partial charge on any atom is -0.491 e. The van der Waals surface area contributed by atoms with E-state index < -0.39 is 0 Å². The van der Waals surface area contributed by atoms with E-state index in [0.717, 1.165) is 38.2 Å². The van der Waals surface area contributed by atoms with Crippen molar-refractivity contribution in [3.63, 3.8) is 0 Å². The molecular formula is C15H24N2O2. The molecule has 1 heterocycles. The number of nitrogens with zero attached hydrogens (tertiary/aromatic N) is 1. The molecule has 106 valence electrons. The lowest BCUT2D eigenvalue weighted by Gasteiger charge is -2.34. The quantitative estimate of drug-likeness (QED) is 0.628. The number of piperidine rings is 1. The zero-order chi connectivity index (χ0) is 13.7. The molecule has 1 fully saturated rings. The van der Waals surface area contributed by atoms with E-state index >= 15 is 0 Å². The maximum absolute atomic E-state index is 9.68. The fourth-order valence-corrected chi connectivity index (χ4v) is 2.50. The molecule has 0 amide bonds. The summed E-state index contributed by atoms with van der Waals surface area (Å²) in [6, 6.07) is 7.58. The maximum atomic E-state index is 9.68. The van der Waals surface area contributed by atoms with Gasteiger partial charge in [0.1, 0.15) is 5.75 Å². The summed E-state index contributed by atoms with van der Waals surface area (Å²) in [5.41, 5.74) is 6.51. The highest BCUT2D eigenvalue weighted by Gasteiger charge is 2.23. The average Bonchev–Trinajstić information content (AvgIpc) is 2.40. The minimum absolute atomic E-state index is 0.128. The van der Waals surface area contributed by atoms with E-state index in [2.05, 4.69) is 11.8 Å². The van der Waals surface area contributed by atoms with Crippen molar-refractivity contribution in [2.24, 2.45) is 5.92 Å². The number of hydrogen-bond acceptors (Lipinski definition) is 4. The summed E-state index contributed by atoms with van der Waals surface area (Å²) in [6.07, 6.45) is 1.74. The Balaban J connectivity index is 1.66. The van der Waals surface area contributed by atoms with Gasteiger partial charge >= 0.3 is 0 Å². The van der Waals surface area contributed by atoms with Crippen molar-refractivity contribution in [2.45, 2.75) is 25.9 Å². The van der Waals surface area contributed by atoms with Crippen LogP contribution in [0.25, 0.3) is 0 Å². The molecule has 4 nitrogen and oxygen atoms in total. The SMILES string of the molecule is CC1CN(CCCOc2ccccc2N)CCC1O. The van der Waals surface area contributed by atoms with Gasteiger partial charge in [-0.1, -0.05) is 19.1 Å². The van der Waals surface area contributed by atoms with Crippen LogP contribution in [0.4, 0.5) is 5.69 Å². The predicted molar refractivity (Wildman–Crippen MR) is 77.2 cm³/mol. The van der Waals surface area contributed by atoms with Crippen molar-refractivity contribution in [1.29, 1.82) is 0 Å². The number of benzene rings is 1. The third kappa shape index (κ3) is 4.11. The summed E-state index contributed by atoms with van der Waals surface area (Å²) in [7, 11) is 0. The number of nitrogens with two attached hydrogens (primary N) is 1. The molecular weight excluding hydrogens is 240 g/mol. The van der Waals surface area contributed by atoms with E-state index in [1.807, 2.05) is 24.3 Å². The first-order chi connectivity index (χ1) is 9.16. The monoisotopic (exact) mass is 264 g/mol. The summed E-state index contributed by atoms with van der Waals surface area (Å²) in [4.78, 5) is 2.40. The largest absolute Gasteiger partial charge is 0.491 e. The maximum Gasteiger partial charge on any atom is 0.142 e. The number of rotatable bonds is 5. The van der Waals surface area contributed by atoms with Crippen LogP contribution in [0.3, 0.4) is 0 Å². The Kier molecular flexibility index (Phi) is 5.05. The first kappa shape index (κ1) is 14.2. The standard InChI is InChI=1S/C15H24N2O2/c1-12-11-17(9-7-14(12)18)8-4-10-19-15-6-3-2-5-13(15)16/h2-3,5-6,12,14,18H,4,7-11,16H2,1H3. The Hall–Kier alpha value is -1.26. The molecule has 1 saturated heterocycles. The third-order valence-electron chi connectivity index (χ3n) is 3.74. The number of ether oxygens (including phenoxy) is 1. The Morgan fingerprint density at radius 1 is 1.42 bits per heavy atom. The summed E-state index contributed by atoms with van der Waals surface area (Å²) in [6.45, 7) is 5.77. The summed E-state index contributed by atoms with van der Waals surface area (Å²) in [5, 5.41) is 9.68. The van der Waals surface area contributed by atoms with E-state index in [1.165, 1.54) is 0 Å². The van der Waals surface area contributed by atoms with E-state index in [-0.39, 0.29) is 6.10 Å². The fourth-order valence-electron chi connectivity index (χ4n) is 2.50. The number of hydrogen-bond donors (Lipinski definition) is 2. The summed E-state index contributed by atoms with van der Waals surface area (Å²) >= 11 is 0. The van der Waals surface area contributed by atoms with E-state index in [1.54, 1.807) is 0 Å². The van der Waals surface area contributed by atoms with Crippen LogP contribution in [-0.2, 0) is 0 Å². The van der Waals surface area contributed by atoms with Crippen LogP contribution in [-0.4, -0.2) is 42.4 Å². The second-order valence-electron chi connectivity index (χ2n) is 5.37. The Morgan fingerprint density at radius 3 is 2.95 bits per heavy atom. The Labute approximate surface area is 115 Å². The second kappa shape index (κ2) is 6.78. The summed E-state index contributed by atoms with van der Waals surface area (Å²) in [5.74, 6) is 1.14. The predicted octanol–water partition coefficient (Wildman–Crippen LogP) is 1.74. The minimum atomic E-state index is -0.128. The van der Waals surface area contributed by atoms with Gasteiger partial charge in [-0.05, 0) is 30.9 Å². The van der Waals surface area contributed by atoms with Gasteiger partial charge in [0.25, 0.3) is 0 Å². The fraction of sp³-hybridized carbons (Fsp3) is 0.600. The Morgan fingerprint density at radius 2 is 2.21 bits per heavy atom. The highest BCUT2D eigenvalue weighted by Crippen LogP contribution is 2.20. The van der Waals surface area contributed by atoms with Crippen LogP contribution in [0.2, 0.25) is 0 Å². The van der Waals surface area contributed by atoms with Crippen molar-refractivity contribution < 1.29 is 9.84 Å². The van der Waals surface area contributed by atoms with Gasteiger partial charge in [-0.15, -0.1) is 0 Å². The van der Waals surface area contributed by atoms with Crippen molar-refractivity contribution in [3.8, 4) is 5.75 Å². The Bertz CT molecular complexity index is 397. The van der Waals surface area contributed by atoms with Gasteiger partial charge in [0, 0.05) is 19.6 Å². The van der Waals surface area contributed by atoms with Gasteiger partial charge in [-0.2, -0.15) is 0 Å². The average molecular weight is 264 g/mol. The number of para-hydroxylation sites is 2. The number of anilines is 1. The zero-order valence-corrected chi connectivity index (χ0v) is 11.6. The van der Waals surface area contributed by atoms with Gasteiger partial charge in [0.05, 0.1) is 18.4 Å². The van der Waals surface area contributed by atoms with Gasteiger partial charge in [0.15, 0.2) is 0 Å². The van der Waals surface area contributed by atoms with Crippen molar-refractivity contribution >= 4 is 5.69 Å². The van der Waals surface area contributed by atoms with Crippen LogP contribution in [0.15, 0.2) is 24.3 Å². The molecule has 2 rings (SSSR count). The zero-order valence-electron chi connectivity index (χ0n) is 11.6. The van der Waals surface area contributed by atoms with Crippen molar-refractivity contribution in [2.75, 3.05) is 32.0 Å². The highest BCUT2D eigenvalue weighted by atomic mass is 16.5. The van der Waals surface area contributed by atoms with E-state index in [4.69, 9.17) is 10.5 Å². The van der Waals surface area contributed by atoms with Gasteiger partial charge in [-0.3, -0.25) is 0 Å². The molecule has 1 aromatic rings. The van der Waals surface area contributed by atoms with Crippen LogP contribution >= 0.6 is 0 Å². The number of likely N-dealkylation sites (tertiary alicyclic amines) is 1. The topological polar surface area (TPSA) is 58.7 Å². The van der Waals surface area contributed by atoms with Gasteiger partial charge in [0.2, 0.25) is 0 Å². The molecule has 0 aromatic heterocycles. The second-order valence-corrected chi connectivity index (χ2v) is 5.37. The van der Waals surface area contributed by atoms with E-state index in [0.29, 0.717) is 18.2 Å². The molecule has 0 radical (unpaired) electrons. The first-order valence-electron chi connectivity index (χ1n) is 7.04. The number of aliphatic hydroxyl groups is 1. The molecule has 1 aliphatic rings.